The van der Waals surface area contributed by atoms with Crippen molar-refractivity contribution in [3.63, 3.8) is 0 Å². The van der Waals surface area contributed by atoms with Crippen molar-refractivity contribution in [2.45, 2.75) is 45.9 Å². The average molecular weight is 589 g/mol. The zero-order valence-electron chi connectivity index (χ0n) is 24.2. The van der Waals surface area contributed by atoms with E-state index in [-0.39, 0.29) is 5.56 Å². The number of aryl methyl sites for hydroxylation is 4. The summed E-state index contributed by atoms with van der Waals surface area (Å²) in [4.78, 5) is 19.4. The van der Waals surface area contributed by atoms with Crippen LogP contribution in [0.3, 0.4) is 0 Å². The van der Waals surface area contributed by atoms with Crippen LogP contribution in [0, 0.1) is 13.8 Å². The average Bonchev–Trinajstić information content (AvgIpc) is 3.47. The first-order valence-corrected chi connectivity index (χ1v) is 14.8. The van der Waals surface area contributed by atoms with Gasteiger partial charge in [-0.1, -0.05) is 96.5 Å². The lowest BCUT2D eigenvalue weighted by Crippen LogP contribution is -2.35. The van der Waals surface area contributed by atoms with E-state index in [4.69, 9.17) is 11.6 Å². The SMILES string of the molecule is Cc1cc(C)c2cc(C(c3nnnn3CCc3ccccc3)N(Cc3ccccc3)Cc3ccccc3Cl)c(=O)[nH]c2c1. The topological polar surface area (TPSA) is 79.7 Å². The van der Waals surface area contributed by atoms with Crippen molar-refractivity contribution in [1.29, 1.82) is 0 Å². The van der Waals surface area contributed by atoms with E-state index in [1.807, 2.05) is 84.4 Å². The van der Waals surface area contributed by atoms with Gasteiger partial charge in [-0.2, -0.15) is 0 Å². The summed E-state index contributed by atoms with van der Waals surface area (Å²) in [6, 6.07) is 33.9. The normalized spacial score (nSPS) is 12.2. The molecule has 2 heterocycles. The van der Waals surface area contributed by atoms with Crippen LogP contribution >= 0.6 is 11.6 Å². The van der Waals surface area contributed by atoms with Gasteiger partial charge in [-0.05, 0) is 76.7 Å². The smallest absolute Gasteiger partial charge is 0.253 e. The number of pyridine rings is 1. The van der Waals surface area contributed by atoms with Gasteiger partial charge in [0.05, 0.1) is 0 Å². The van der Waals surface area contributed by atoms with E-state index in [0.29, 0.717) is 36.0 Å². The van der Waals surface area contributed by atoms with Crippen molar-refractivity contribution in [2.75, 3.05) is 0 Å². The van der Waals surface area contributed by atoms with Gasteiger partial charge in [0.2, 0.25) is 0 Å². The molecule has 0 bridgehead atoms. The summed E-state index contributed by atoms with van der Waals surface area (Å²) >= 11 is 6.70. The highest BCUT2D eigenvalue weighted by Gasteiger charge is 2.31. The van der Waals surface area contributed by atoms with Crippen molar-refractivity contribution in [2.24, 2.45) is 0 Å². The minimum absolute atomic E-state index is 0.169. The molecule has 0 fully saturated rings. The molecule has 0 aliphatic rings. The number of H-pyrrole nitrogens is 1. The molecule has 0 spiro atoms. The minimum Gasteiger partial charge on any atom is -0.322 e. The zero-order valence-corrected chi connectivity index (χ0v) is 25.0. The number of aromatic nitrogens is 5. The second-order valence-electron chi connectivity index (χ2n) is 11.0. The maximum Gasteiger partial charge on any atom is 0.253 e. The number of nitrogens with one attached hydrogen (secondary N) is 1. The molecular weight excluding hydrogens is 556 g/mol. The number of fused-ring (bicyclic) bond motifs is 1. The van der Waals surface area contributed by atoms with E-state index in [2.05, 4.69) is 62.7 Å². The Bertz CT molecular complexity index is 1900. The molecule has 0 saturated heterocycles. The molecule has 0 radical (unpaired) electrons. The molecule has 2 aromatic heterocycles. The minimum atomic E-state index is -0.559. The Kier molecular flexibility index (Phi) is 8.45. The first kappa shape index (κ1) is 28.5. The second-order valence-corrected chi connectivity index (χ2v) is 11.4. The molecule has 7 nitrogen and oxygen atoms in total. The van der Waals surface area contributed by atoms with Crippen molar-refractivity contribution in [3.8, 4) is 0 Å². The molecule has 0 aliphatic carbocycles. The largest absolute Gasteiger partial charge is 0.322 e. The molecule has 1 unspecified atom stereocenters. The highest BCUT2D eigenvalue weighted by atomic mass is 35.5. The molecule has 0 amide bonds. The first-order valence-electron chi connectivity index (χ1n) is 14.4. The molecule has 0 aliphatic heterocycles. The van der Waals surface area contributed by atoms with Crippen LogP contribution in [0.1, 0.15) is 45.2 Å². The predicted molar refractivity (Wildman–Crippen MR) is 171 cm³/mol. The molecular formula is C35H33ClN6O. The number of halogens is 1. The number of hydrogen-bond donors (Lipinski definition) is 1. The monoisotopic (exact) mass is 588 g/mol. The molecule has 4 aromatic carbocycles. The fourth-order valence-electron chi connectivity index (χ4n) is 5.74. The van der Waals surface area contributed by atoms with E-state index in [0.717, 1.165) is 39.6 Å². The summed E-state index contributed by atoms with van der Waals surface area (Å²) in [7, 11) is 0. The van der Waals surface area contributed by atoms with E-state index in [1.165, 1.54) is 5.56 Å². The third-order valence-corrected chi connectivity index (χ3v) is 8.19. The highest BCUT2D eigenvalue weighted by molar-refractivity contribution is 6.31. The summed E-state index contributed by atoms with van der Waals surface area (Å²) in [5, 5.41) is 14.7. The van der Waals surface area contributed by atoms with Crippen LogP contribution in [0.4, 0.5) is 0 Å². The zero-order chi connectivity index (χ0) is 29.8. The summed E-state index contributed by atoms with van der Waals surface area (Å²) in [6.45, 7) is 5.70. The summed E-state index contributed by atoms with van der Waals surface area (Å²) in [5.74, 6) is 0.605. The number of benzene rings is 4. The van der Waals surface area contributed by atoms with Gasteiger partial charge < -0.3 is 4.98 Å². The van der Waals surface area contributed by atoms with Crippen LogP contribution in [0.25, 0.3) is 10.9 Å². The molecule has 6 aromatic rings. The van der Waals surface area contributed by atoms with Crippen molar-refractivity contribution >= 4 is 22.5 Å². The third-order valence-electron chi connectivity index (χ3n) is 7.82. The molecule has 216 valence electrons. The number of nitrogens with zero attached hydrogens (tertiary/aromatic N) is 5. The Labute approximate surface area is 255 Å². The standard InChI is InChI=1S/C35H33ClN6O/c1-24-19-25(2)29-21-30(35(43)37-32(29)20-24)33(34-38-39-40-42(34)18-17-26-11-5-3-6-12-26)41(22-27-13-7-4-8-14-27)23-28-15-9-10-16-31(28)36/h3-16,19-21,33H,17-18,22-23H2,1-2H3,(H,37,43). The predicted octanol–water partition coefficient (Wildman–Crippen LogP) is 6.82. The van der Waals surface area contributed by atoms with Crippen LogP contribution in [0.5, 0.6) is 0 Å². The van der Waals surface area contributed by atoms with Gasteiger partial charge in [0.25, 0.3) is 5.56 Å². The highest BCUT2D eigenvalue weighted by Crippen LogP contribution is 2.32. The lowest BCUT2D eigenvalue weighted by Gasteiger charge is -2.31. The van der Waals surface area contributed by atoms with E-state index < -0.39 is 6.04 Å². The molecule has 6 rings (SSSR count). The second kappa shape index (κ2) is 12.7. The van der Waals surface area contributed by atoms with Crippen LogP contribution in [0.15, 0.2) is 108 Å². The maximum absolute atomic E-state index is 14.0. The van der Waals surface area contributed by atoms with E-state index >= 15 is 0 Å². The summed E-state index contributed by atoms with van der Waals surface area (Å²) < 4.78 is 1.83. The van der Waals surface area contributed by atoms with Crippen LogP contribution in [0.2, 0.25) is 5.02 Å². The molecule has 43 heavy (non-hydrogen) atoms. The van der Waals surface area contributed by atoms with Gasteiger partial charge in [0, 0.05) is 41.1 Å². The van der Waals surface area contributed by atoms with Crippen molar-refractivity contribution in [3.05, 3.63) is 158 Å². The van der Waals surface area contributed by atoms with E-state index in [9.17, 15) is 4.79 Å². The molecule has 8 heteroatoms. The summed E-state index contributed by atoms with van der Waals surface area (Å²) in [6.07, 6.45) is 0.751. The van der Waals surface area contributed by atoms with Crippen LogP contribution in [-0.4, -0.2) is 30.1 Å². The Morgan fingerprint density at radius 2 is 1.56 bits per heavy atom. The van der Waals surface area contributed by atoms with Gasteiger partial charge in [-0.3, -0.25) is 9.69 Å². The summed E-state index contributed by atoms with van der Waals surface area (Å²) in [5.41, 5.74) is 6.66. The Hall–Kier alpha value is -4.59. The molecule has 1 N–H and O–H groups in total. The number of rotatable bonds is 10. The molecule has 1 atom stereocenters. The lowest BCUT2D eigenvalue weighted by molar-refractivity contribution is 0.193. The Morgan fingerprint density at radius 1 is 0.860 bits per heavy atom. The third kappa shape index (κ3) is 6.43. The lowest BCUT2D eigenvalue weighted by atomic mass is 9.99. The Balaban J connectivity index is 1.52. The quantitative estimate of drug-likeness (QED) is 0.190. The number of aromatic amines is 1. The van der Waals surface area contributed by atoms with Crippen molar-refractivity contribution < 1.29 is 0 Å². The van der Waals surface area contributed by atoms with Crippen molar-refractivity contribution in [1.82, 2.24) is 30.1 Å². The fourth-order valence-corrected chi connectivity index (χ4v) is 5.94. The van der Waals surface area contributed by atoms with Crippen LogP contribution in [-0.2, 0) is 26.1 Å². The molecule has 0 saturated carbocycles. The van der Waals surface area contributed by atoms with Gasteiger partial charge in [0.15, 0.2) is 5.82 Å². The number of hydrogen-bond acceptors (Lipinski definition) is 5. The van der Waals surface area contributed by atoms with Gasteiger partial charge >= 0.3 is 0 Å². The maximum atomic E-state index is 14.0. The van der Waals surface area contributed by atoms with E-state index in [1.54, 1.807) is 0 Å². The number of tetrazole rings is 1. The van der Waals surface area contributed by atoms with Gasteiger partial charge in [-0.15, -0.1) is 5.10 Å². The first-order chi connectivity index (χ1) is 21.0. The van der Waals surface area contributed by atoms with Gasteiger partial charge in [0.1, 0.15) is 6.04 Å². The van der Waals surface area contributed by atoms with Gasteiger partial charge in [-0.25, -0.2) is 4.68 Å². The fraction of sp³-hybridized carbons (Fsp3) is 0.200. The van der Waals surface area contributed by atoms with Crippen LogP contribution < -0.4 is 5.56 Å². The Morgan fingerprint density at radius 3 is 2.30 bits per heavy atom.